The average Bonchev–Trinajstić information content (AvgIpc) is 3.40. The molecule has 2 aliphatic rings. The molecule has 2 aromatic carbocycles. The minimum absolute atomic E-state index is 0.00815. The molecule has 6 rings (SSSR count). The van der Waals surface area contributed by atoms with Crippen molar-refractivity contribution in [2.24, 2.45) is 0 Å². The molecule has 0 fully saturated rings. The zero-order valence-electron chi connectivity index (χ0n) is 24.3. The monoisotopic (exact) mass is 535 g/mol. The molecular formula is C28H26F2N6O3. The van der Waals surface area contributed by atoms with Crippen molar-refractivity contribution >= 4 is 22.8 Å². The summed E-state index contributed by atoms with van der Waals surface area (Å²) < 4.78 is 57.9. The summed E-state index contributed by atoms with van der Waals surface area (Å²) in [4.78, 5) is 39.6. The normalized spacial score (nSPS) is 19.7. The Morgan fingerprint density at radius 1 is 1.18 bits per heavy atom. The quantitative estimate of drug-likeness (QED) is 0.401. The second kappa shape index (κ2) is 8.82. The summed E-state index contributed by atoms with van der Waals surface area (Å²) in [6.07, 6.45) is 3.40. The van der Waals surface area contributed by atoms with E-state index in [9.17, 15) is 18.4 Å². The molecule has 0 aliphatic carbocycles. The number of carbonyl (C=O) groups excluding carboxylic acids is 2. The summed E-state index contributed by atoms with van der Waals surface area (Å²) in [5.74, 6) is -0.427. The van der Waals surface area contributed by atoms with Crippen LogP contribution in [0, 0.1) is 0 Å². The molecule has 2 atom stereocenters. The number of hydrogen-bond donors (Lipinski definition) is 1. The average molecular weight is 536 g/mol. The highest BCUT2D eigenvalue weighted by molar-refractivity contribution is 5.98. The number of nitrogens with zero attached hydrogens (tertiary/aromatic N) is 5. The zero-order chi connectivity index (χ0) is 30.1. The standard InChI is InChI=1S/C28H26F2N6O3/c1-14(37)34-28(2,3)26-31-12-16(13-32-26)15-8-9-18-19(10-15)36-20-11-21(24(36)33-18)35(4)25(38)17-6-5-7-22(23(17)20)39-27(29)30/h5-10,12-13,20-21,27H,11H2,1-4H3,(H,34,37)/t20-,21-/m1/s1/i4D3. The Morgan fingerprint density at radius 2 is 1.95 bits per heavy atom. The van der Waals surface area contributed by atoms with Crippen molar-refractivity contribution in [1.82, 2.24) is 29.7 Å². The molecule has 1 N–H and O–H groups in total. The van der Waals surface area contributed by atoms with Gasteiger partial charge in [-0.2, -0.15) is 8.78 Å². The van der Waals surface area contributed by atoms with E-state index in [4.69, 9.17) is 13.8 Å². The lowest BCUT2D eigenvalue weighted by atomic mass is 9.97. The number of ether oxygens (including phenoxy) is 1. The van der Waals surface area contributed by atoms with Gasteiger partial charge in [0.1, 0.15) is 11.6 Å². The first-order valence-corrected chi connectivity index (χ1v) is 12.3. The molecule has 2 bridgehead atoms. The summed E-state index contributed by atoms with van der Waals surface area (Å²) >= 11 is 0. The number of carbonyl (C=O) groups is 2. The number of rotatable bonds is 5. The fraction of sp³-hybridized carbons (Fsp3) is 0.321. The van der Waals surface area contributed by atoms with Crippen molar-refractivity contribution in [3.05, 3.63) is 71.6 Å². The van der Waals surface area contributed by atoms with E-state index in [1.165, 1.54) is 25.1 Å². The topological polar surface area (TPSA) is 102 Å². The Balaban J connectivity index is 1.50. The van der Waals surface area contributed by atoms with Crippen molar-refractivity contribution in [3.63, 3.8) is 0 Å². The molecule has 0 saturated carbocycles. The Hall–Kier alpha value is -4.41. The fourth-order valence-electron chi connectivity index (χ4n) is 5.58. The van der Waals surface area contributed by atoms with E-state index in [-0.39, 0.29) is 29.2 Å². The Bertz CT molecular complexity index is 1740. The molecule has 9 nitrogen and oxygen atoms in total. The van der Waals surface area contributed by atoms with Crippen LogP contribution in [0.4, 0.5) is 8.78 Å². The van der Waals surface area contributed by atoms with E-state index in [2.05, 4.69) is 15.3 Å². The molecule has 0 radical (unpaired) electrons. The third-order valence-corrected chi connectivity index (χ3v) is 7.18. The lowest BCUT2D eigenvalue weighted by molar-refractivity contribution is -0.120. The van der Waals surface area contributed by atoms with Gasteiger partial charge >= 0.3 is 6.61 Å². The van der Waals surface area contributed by atoms with Crippen molar-refractivity contribution in [3.8, 4) is 16.9 Å². The minimum Gasteiger partial charge on any atom is -0.434 e. The molecule has 0 saturated heterocycles. The Kier molecular flexibility index (Phi) is 4.87. The first-order chi connectivity index (χ1) is 19.8. The van der Waals surface area contributed by atoms with Gasteiger partial charge in [-0.3, -0.25) is 9.59 Å². The third-order valence-electron chi connectivity index (χ3n) is 7.18. The highest BCUT2D eigenvalue weighted by Gasteiger charge is 2.45. The Labute approximate surface area is 227 Å². The number of benzene rings is 2. The van der Waals surface area contributed by atoms with Crippen LogP contribution in [-0.4, -0.2) is 49.8 Å². The van der Waals surface area contributed by atoms with Crippen molar-refractivity contribution < 1.29 is 27.2 Å². The van der Waals surface area contributed by atoms with Gasteiger partial charge in [0, 0.05) is 53.5 Å². The predicted octanol–water partition coefficient (Wildman–Crippen LogP) is 4.59. The molecule has 2 aromatic heterocycles. The number of amides is 2. The molecule has 4 aromatic rings. The molecule has 200 valence electrons. The van der Waals surface area contributed by atoms with Gasteiger partial charge in [0.2, 0.25) is 5.91 Å². The number of fused-ring (bicyclic) bond motifs is 9. The van der Waals surface area contributed by atoms with E-state index < -0.39 is 37.1 Å². The maximum Gasteiger partial charge on any atom is 0.387 e. The second-order valence-electron chi connectivity index (χ2n) is 10.2. The highest BCUT2D eigenvalue weighted by Crippen LogP contribution is 2.50. The van der Waals surface area contributed by atoms with Crippen LogP contribution in [0.3, 0.4) is 0 Å². The third kappa shape index (κ3) is 4.00. The number of imidazole rings is 1. The summed E-state index contributed by atoms with van der Waals surface area (Å²) in [5.41, 5.74) is 1.97. The van der Waals surface area contributed by atoms with Crippen molar-refractivity contribution in [2.45, 2.75) is 51.4 Å². The van der Waals surface area contributed by atoms with E-state index in [0.717, 1.165) is 10.5 Å². The predicted molar refractivity (Wildman–Crippen MR) is 138 cm³/mol. The smallest absolute Gasteiger partial charge is 0.387 e. The maximum absolute atomic E-state index is 13.6. The molecule has 2 aliphatic heterocycles. The van der Waals surface area contributed by atoms with Gasteiger partial charge in [-0.15, -0.1) is 0 Å². The summed E-state index contributed by atoms with van der Waals surface area (Å²) in [7, 11) is 0. The maximum atomic E-state index is 13.6. The van der Waals surface area contributed by atoms with Crippen LogP contribution in [0.2, 0.25) is 0 Å². The lowest BCUT2D eigenvalue weighted by Gasteiger charge is -2.24. The molecule has 11 heteroatoms. The van der Waals surface area contributed by atoms with Crippen molar-refractivity contribution in [1.29, 1.82) is 0 Å². The van der Waals surface area contributed by atoms with Crippen LogP contribution < -0.4 is 10.1 Å². The Morgan fingerprint density at radius 3 is 2.64 bits per heavy atom. The lowest BCUT2D eigenvalue weighted by Crippen LogP contribution is -2.41. The summed E-state index contributed by atoms with van der Waals surface area (Å²) in [5, 5.41) is 2.81. The first kappa shape index (κ1) is 21.5. The number of alkyl halides is 2. The molecule has 0 spiro atoms. The van der Waals surface area contributed by atoms with Gasteiger partial charge in [-0.25, -0.2) is 15.0 Å². The van der Waals surface area contributed by atoms with Gasteiger partial charge in [0.15, 0.2) is 5.82 Å². The fourth-order valence-corrected chi connectivity index (χ4v) is 5.58. The molecule has 39 heavy (non-hydrogen) atoms. The van der Waals surface area contributed by atoms with Crippen LogP contribution in [-0.2, 0) is 10.3 Å². The first-order valence-electron chi connectivity index (χ1n) is 13.8. The van der Waals surface area contributed by atoms with Crippen LogP contribution >= 0.6 is 0 Å². The van der Waals surface area contributed by atoms with Gasteiger partial charge in [-0.05, 0) is 43.7 Å². The molecule has 0 unspecified atom stereocenters. The zero-order valence-corrected chi connectivity index (χ0v) is 21.3. The highest BCUT2D eigenvalue weighted by atomic mass is 19.3. The van der Waals surface area contributed by atoms with Crippen LogP contribution in [0.1, 0.15) is 71.0 Å². The van der Waals surface area contributed by atoms with Gasteiger partial charge in [0.05, 0.1) is 28.7 Å². The molecule has 4 heterocycles. The minimum atomic E-state index is -3.14. The number of nitrogens with one attached hydrogen (secondary N) is 1. The van der Waals surface area contributed by atoms with Crippen LogP contribution in [0.15, 0.2) is 48.8 Å². The number of hydrogen-bond acceptors (Lipinski definition) is 6. The largest absolute Gasteiger partial charge is 0.434 e. The van der Waals surface area contributed by atoms with Crippen molar-refractivity contribution in [2.75, 3.05) is 6.98 Å². The summed E-state index contributed by atoms with van der Waals surface area (Å²) in [6.45, 7) is -0.947. The van der Waals surface area contributed by atoms with E-state index in [0.29, 0.717) is 28.2 Å². The number of aromatic nitrogens is 4. The van der Waals surface area contributed by atoms with Gasteiger partial charge in [0.25, 0.3) is 5.91 Å². The molecule has 2 amide bonds. The van der Waals surface area contributed by atoms with E-state index >= 15 is 0 Å². The summed E-state index contributed by atoms with van der Waals surface area (Å²) in [6, 6.07) is 7.99. The van der Waals surface area contributed by atoms with Crippen LogP contribution in [0.25, 0.3) is 22.2 Å². The second-order valence-corrected chi connectivity index (χ2v) is 10.2. The number of halogens is 2. The van der Waals surface area contributed by atoms with Gasteiger partial charge in [-0.1, -0.05) is 12.1 Å². The SMILES string of the molecule is [2H]C([2H])([2H])N1C(=O)c2cccc(OC(F)F)c2[C@H]2C[C@@H]1c1nc3ccc(-c4cnc(C(C)(C)NC(C)=O)nc4)cc3n12. The molecular weight excluding hydrogens is 506 g/mol. The van der Waals surface area contributed by atoms with E-state index in [1.807, 2.05) is 12.1 Å². The van der Waals surface area contributed by atoms with E-state index in [1.54, 1.807) is 36.9 Å². The van der Waals surface area contributed by atoms with Crippen LogP contribution in [0.5, 0.6) is 5.75 Å². The van der Waals surface area contributed by atoms with Gasteiger partial charge < -0.3 is 19.5 Å².